The molecule has 3 heterocycles. The molecule has 1 aromatic heterocycles. The van der Waals surface area contributed by atoms with Gasteiger partial charge in [-0.05, 0) is 30.9 Å². The van der Waals surface area contributed by atoms with Crippen LogP contribution >= 0.6 is 0 Å². The van der Waals surface area contributed by atoms with Gasteiger partial charge >= 0.3 is 0 Å². The van der Waals surface area contributed by atoms with E-state index >= 15 is 0 Å². The van der Waals surface area contributed by atoms with Crippen LogP contribution in [0.2, 0.25) is 0 Å². The van der Waals surface area contributed by atoms with Gasteiger partial charge in [0.05, 0.1) is 5.56 Å². The Morgan fingerprint density at radius 2 is 2.11 bits per heavy atom. The minimum Gasteiger partial charge on any atom is -0.481 e. The molecule has 27 heavy (non-hydrogen) atoms. The van der Waals surface area contributed by atoms with Crippen LogP contribution in [0.15, 0.2) is 18.2 Å². The molecule has 1 amide bonds. The van der Waals surface area contributed by atoms with Crippen LogP contribution in [0.4, 0.5) is 0 Å². The molecule has 0 spiro atoms. The average Bonchev–Trinajstić information content (AvgIpc) is 3.09. The largest absolute Gasteiger partial charge is 0.481 e. The summed E-state index contributed by atoms with van der Waals surface area (Å²) in [5, 5.41) is 10.6. The van der Waals surface area contributed by atoms with E-state index in [1.54, 1.807) is 0 Å². The Bertz CT molecular complexity index is 810. The fraction of sp³-hybridized carbons (Fsp3) is 0.550. The lowest BCUT2D eigenvalue weighted by Crippen LogP contribution is -2.46. The van der Waals surface area contributed by atoms with Crippen LogP contribution in [0.1, 0.15) is 66.3 Å². The zero-order valence-corrected chi connectivity index (χ0v) is 16.0. The zero-order chi connectivity index (χ0) is 18.8. The fourth-order valence-corrected chi connectivity index (χ4v) is 3.69. The van der Waals surface area contributed by atoms with Gasteiger partial charge in [0.15, 0.2) is 17.8 Å². The number of aryl methyl sites for hydroxylation is 1. The van der Waals surface area contributed by atoms with Crippen molar-refractivity contribution in [3.8, 4) is 5.75 Å². The van der Waals surface area contributed by atoms with Crippen LogP contribution in [0, 0.1) is 0 Å². The number of ether oxygens (including phenoxy) is 1. The van der Waals surface area contributed by atoms with Gasteiger partial charge in [0.2, 0.25) is 0 Å². The van der Waals surface area contributed by atoms with Gasteiger partial charge in [-0.25, -0.2) is 4.98 Å². The van der Waals surface area contributed by atoms with Crippen LogP contribution in [0.3, 0.4) is 0 Å². The number of carbonyl (C=O) groups excluding carboxylic acids is 1. The number of benzene rings is 1. The summed E-state index contributed by atoms with van der Waals surface area (Å²) in [6, 6.07) is 5.90. The van der Waals surface area contributed by atoms with Gasteiger partial charge in [-0.2, -0.15) is 5.10 Å². The van der Waals surface area contributed by atoms with E-state index in [4.69, 9.17) is 4.74 Å². The maximum absolute atomic E-state index is 13.1. The number of amides is 1. The second kappa shape index (κ2) is 7.68. The fourth-order valence-electron chi connectivity index (χ4n) is 3.69. The number of carbonyl (C=O) groups is 1. The summed E-state index contributed by atoms with van der Waals surface area (Å²) in [6.45, 7) is 7.26. The Morgan fingerprint density at radius 1 is 1.30 bits per heavy atom. The molecule has 1 atom stereocenters. The maximum atomic E-state index is 13.1. The first-order chi connectivity index (χ1) is 13.1. The number of H-pyrrole nitrogens is 1. The molecule has 1 saturated heterocycles. The van der Waals surface area contributed by atoms with Crippen molar-refractivity contribution in [1.82, 2.24) is 25.4 Å². The Labute approximate surface area is 159 Å². The minimum absolute atomic E-state index is 0.0504. The molecule has 0 aliphatic carbocycles. The highest BCUT2D eigenvalue weighted by molar-refractivity contribution is 5.97. The first-order valence-electron chi connectivity index (χ1n) is 9.84. The van der Waals surface area contributed by atoms with Crippen molar-refractivity contribution in [2.45, 2.75) is 45.1 Å². The van der Waals surface area contributed by atoms with E-state index in [2.05, 4.69) is 40.4 Å². The van der Waals surface area contributed by atoms with Gasteiger partial charge < -0.3 is 15.0 Å². The van der Waals surface area contributed by atoms with E-state index in [9.17, 15) is 4.79 Å². The molecule has 2 aliphatic rings. The predicted octanol–water partition coefficient (Wildman–Crippen LogP) is 2.43. The number of rotatable bonds is 3. The summed E-state index contributed by atoms with van der Waals surface area (Å²) in [5.74, 6) is 2.57. The lowest BCUT2D eigenvalue weighted by Gasteiger charge is -2.28. The van der Waals surface area contributed by atoms with Crippen molar-refractivity contribution in [2.75, 3.05) is 26.2 Å². The molecule has 2 aliphatic heterocycles. The van der Waals surface area contributed by atoms with Gasteiger partial charge in [0.25, 0.3) is 5.91 Å². The molecule has 0 radical (unpaired) electrons. The summed E-state index contributed by atoms with van der Waals surface area (Å²) < 4.78 is 6.38. The van der Waals surface area contributed by atoms with Gasteiger partial charge in [-0.15, -0.1) is 0 Å². The third kappa shape index (κ3) is 3.69. The lowest BCUT2D eigenvalue weighted by atomic mass is 10.0. The molecule has 1 aromatic carbocycles. The minimum atomic E-state index is -0.205. The number of fused-ring (bicyclic) bond motifs is 1. The highest BCUT2D eigenvalue weighted by Gasteiger charge is 2.28. The van der Waals surface area contributed by atoms with Crippen LogP contribution in [0.25, 0.3) is 0 Å². The van der Waals surface area contributed by atoms with Crippen molar-refractivity contribution < 1.29 is 9.53 Å². The second-order valence-corrected chi connectivity index (χ2v) is 7.57. The number of para-hydroxylation sites is 1. The number of hydrogen-bond acceptors (Lipinski definition) is 5. The van der Waals surface area contributed by atoms with E-state index in [0.717, 1.165) is 62.7 Å². The first kappa shape index (κ1) is 18.0. The molecule has 0 saturated carbocycles. The summed E-state index contributed by atoms with van der Waals surface area (Å²) in [5.41, 5.74) is 1.76. The number of piperazine rings is 1. The van der Waals surface area contributed by atoms with Crippen LogP contribution in [-0.4, -0.2) is 52.2 Å². The number of aromatic nitrogens is 3. The van der Waals surface area contributed by atoms with E-state index in [0.29, 0.717) is 11.3 Å². The smallest absolute Gasteiger partial charge is 0.257 e. The molecule has 0 bridgehead atoms. The van der Waals surface area contributed by atoms with E-state index in [1.807, 2.05) is 17.0 Å². The van der Waals surface area contributed by atoms with Crippen molar-refractivity contribution in [1.29, 1.82) is 0 Å². The van der Waals surface area contributed by atoms with Crippen molar-refractivity contribution >= 4 is 5.91 Å². The molecule has 2 aromatic rings. The summed E-state index contributed by atoms with van der Waals surface area (Å²) >= 11 is 0. The van der Waals surface area contributed by atoms with Gasteiger partial charge in [0, 0.05) is 32.1 Å². The van der Waals surface area contributed by atoms with E-state index < -0.39 is 0 Å². The number of aromatic amines is 1. The molecule has 144 valence electrons. The summed E-state index contributed by atoms with van der Waals surface area (Å²) in [6.07, 6.45) is 2.53. The maximum Gasteiger partial charge on any atom is 0.257 e. The quantitative estimate of drug-likeness (QED) is 0.868. The van der Waals surface area contributed by atoms with E-state index in [-0.39, 0.29) is 17.9 Å². The number of nitrogens with zero attached hydrogens (tertiary/aromatic N) is 3. The third-order valence-electron chi connectivity index (χ3n) is 5.25. The Kier molecular flexibility index (Phi) is 5.11. The highest BCUT2D eigenvalue weighted by Crippen LogP contribution is 2.36. The molecule has 4 rings (SSSR count). The Morgan fingerprint density at radius 3 is 2.85 bits per heavy atom. The second-order valence-electron chi connectivity index (χ2n) is 7.57. The molecule has 1 fully saturated rings. The number of hydrogen-bond donors (Lipinski definition) is 2. The van der Waals surface area contributed by atoms with E-state index in [1.165, 1.54) is 0 Å². The van der Waals surface area contributed by atoms with Crippen LogP contribution in [0.5, 0.6) is 5.75 Å². The molecule has 7 nitrogen and oxygen atoms in total. The first-order valence-corrected chi connectivity index (χ1v) is 9.84. The molecular weight excluding hydrogens is 342 g/mol. The zero-order valence-electron chi connectivity index (χ0n) is 16.0. The van der Waals surface area contributed by atoms with Crippen LogP contribution < -0.4 is 10.1 Å². The predicted molar refractivity (Wildman–Crippen MR) is 102 cm³/mol. The van der Waals surface area contributed by atoms with Crippen molar-refractivity contribution in [2.24, 2.45) is 0 Å². The average molecular weight is 369 g/mol. The Hall–Kier alpha value is -2.41. The van der Waals surface area contributed by atoms with Gasteiger partial charge in [0.1, 0.15) is 5.75 Å². The monoisotopic (exact) mass is 369 g/mol. The Balaban J connectivity index is 1.63. The summed E-state index contributed by atoms with van der Waals surface area (Å²) in [7, 11) is 0. The number of nitrogens with one attached hydrogen (secondary N) is 2. The molecule has 2 N–H and O–H groups in total. The molecule has 7 heteroatoms. The molecular formula is C20H27N5O2. The summed E-state index contributed by atoms with van der Waals surface area (Å²) in [4.78, 5) is 19.6. The lowest BCUT2D eigenvalue weighted by molar-refractivity contribution is 0.0727. The third-order valence-corrected chi connectivity index (χ3v) is 5.25. The topological polar surface area (TPSA) is 83.1 Å². The van der Waals surface area contributed by atoms with Gasteiger partial charge in [-0.3, -0.25) is 9.89 Å². The highest BCUT2D eigenvalue weighted by atomic mass is 16.5. The molecule has 1 unspecified atom stereocenters. The van der Waals surface area contributed by atoms with Crippen LogP contribution in [-0.2, 0) is 6.42 Å². The van der Waals surface area contributed by atoms with Gasteiger partial charge in [-0.1, -0.05) is 26.0 Å². The SMILES string of the molecule is CC(C)c1n[nH]c(C2CCCc3cccc(C(=O)N4CCNCC4)c3O2)n1. The van der Waals surface area contributed by atoms with Crippen molar-refractivity contribution in [3.05, 3.63) is 41.0 Å². The standard InChI is InChI=1S/C20H27N5O2/c1-13(2)18-22-19(24-23-18)16-8-4-6-14-5-3-7-15(17(14)27-16)20(26)25-11-9-21-10-12-25/h3,5,7,13,16,21H,4,6,8-12H2,1-2H3,(H,22,23,24). The normalized spacial score (nSPS) is 20.1. The van der Waals surface area contributed by atoms with Crippen molar-refractivity contribution in [3.63, 3.8) is 0 Å².